The lowest BCUT2D eigenvalue weighted by Gasteiger charge is -2.04. The maximum Gasteiger partial charge on any atom is 0.187 e. The fraction of sp³-hybridized carbons (Fsp3) is 0.125. The van der Waals surface area contributed by atoms with Crippen LogP contribution in [-0.2, 0) is 6.42 Å². The third-order valence-corrected chi connectivity index (χ3v) is 3.64. The average molecular weight is 360 g/mol. The van der Waals surface area contributed by atoms with E-state index in [9.17, 15) is 9.18 Å². The highest BCUT2D eigenvalue weighted by molar-refractivity contribution is 9.10. The molecule has 0 bridgehead atoms. The summed E-state index contributed by atoms with van der Waals surface area (Å²) in [5.41, 5.74) is 2.55. The van der Waals surface area contributed by atoms with E-state index in [2.05, 4.69) is 30.9 Å². The molecule has 0 unspecified atom stereocenters. The van der Waals surface area contributed by atoms with Gasteiger partial charge in [-0.25, -0.2) is 9.37 Å². The quantitative estimate of drug-likeness (QED) is 0.669. The van der Waals surface area contributed by atoms with E-state index in [1.165, 1.54) is 19.1 Å². The van der Waals surface area contributed by atoms with Crippen LogP contribution < -0.4 is 0 Å². The van der Waals surface area contributed by atoms with Gasteiger partial charge in [-0.3, -0.25) is 14.8 Å². The first kappa shape index (κ1) is 14.7. The van der Waals surface area contributed by atoms with E-state index in [-0.39, 0.29) is 23.6 Å². The van der Waals surface area contributed by atoms with Gasteiger partial charge in [-0.15, -0.1) is 0 Å². The number of Topliss-reactive ketones (excluding diaryl/α,β-unsaturated/α-hetero) is 1. The lowest BCUT2D eigenvalue weighted by molar-refractivity contribution is 0.0987. The standard InChI is InChI=1S/C16H11BrFN3O/c1-9-12(18)3-5-14(20-9)16(22)7-11-2-4-13-15(21-11)6-10(17)8-19-13/h2-6,8H,7H2,1H3. The van der Waals surface area contributed by atoms with Crippen LogP contribution in [0.5, 0.6) is 0 Å². The van der Waals surface area contributed by atoms with Crippen molar-refractivity contribution in [2.75, 3.05) is 0 Å². The molecule has 3 heterocycles. The summed E-state index contributed by atoms with van der Waals surface area (Å²) in [6.07, 6.45) is 1.81. The van der Waals surface area contributed by atoms with Crippen molar-refractivity contribution in [1.29, 1.82) is 0 Å². The van der Waals surface area contributed by atoms with Crippen molar-refractivity contribution in [2.45, 2.75) is 13.3 Å². The fourth-order valence-corrected chi connectivity index (χ4v) is 2.40. The Kier molecular flexibility index (Phi) is 3.94. The summed E-state index contributed by atoms with van der Waals surface area (Å²) < 4.78 is 14.0. The minimum absolute atomic E-state index is 0.112. The molecule has 3 aromatic heterocycles. The van der Waals surface area contributed by atoms with E-state index in [0.717, 1.165) is 9.99 Å². The summed E-state index contributed by atoms with van der Waals surface area (Å²) in [6.45, 7) is 1.53. The highest BCUT2D eigenvalue weighted by atomic mass is 79.9. The molecule has 0 saturated carbocycles. The van der Waals surface area contributed by atoms with Crippen molar-refractivity contribution >= 4 is 32.7 Å². The molecule has 0 spiro atoms. The molecule has 3 aromatic rings. The maximum absolute atomic E-state index is 13.2. The highest BCUT2D eigenvalue weighted by Gasteiger charge is 2.12. The first-order chi connectivity index (χ1) is 10.5. The molecule has 0 aliphatic carbocycles. The second kappa shape index (κ2) is 5.88. The van der Waals surface area contributed by atoms with Crippen LogP contribution in [0.15, 0.2) is 41.0 Å². The van der Waals surface area contributed by atoms with Crippen molar-refractivity contribution in [3.05, 3.63) is 63.9 Å². The van der Waals surface area contributed by atoms with Crippen LogP contribution in [0.25, 0.3) is 11.0 Å². The molecule has 0 fully saturated rings. The Morgan fingerprint density at radius 1 is 1.18 bits per heavy atom. The first-order valence-corrected chi connectivity index (χ1v) is 7.40. The minimum Gasteiger partial charge on any atom is -0.292 e. The van der Waals surface area contributed by atoms with Gasteiger partial charge in [0.05, 0.1) is 23.1 Å². The van der Waals surface area contributed by atoms with Crippen LogP contribution in [0.2, 0.25) is 0 Å². The van der Waals surface area contributed by atoms with E-state index in [4.69, 9.17) is 0 Å². The molecule has 22 heavy (non-hydrogen) atoms. The monoisotopic (exact) mass is 359 g/mol. The summed E-state index contributed by atoms with van der Waals surface area (Å²) in [4.78, 5) is 24.9. The number of fused-ring (bicyclic) bond motifs is 1. The second-order valence-electron chi connectivity index (χ2n) is 4.86. The molecular weight excluding hydrogens is 349 g/mol. The summed E-state index contributed by atoms with van der Waals surface area (Å²) in [5, 5.41) is 0. The van der Waals surface area contributed by atoms with Crippen molar-refractivity contribution in [1.82, 2.24) is 15.0 Å². The molecule has 0 radical (unpaired) electrons. The Balaban J connectivity index is 1.88. The van der Waals surface area contributed by atoms with Gasteiger partial charge in [-0.2, -0.15) is 0 Å². The number of carbonyl (C=O) groups is 1. The predicted octanol–water partition coefficient (Wildman–Crippen LogP) is 3.66. The van der Waals surface area contributed by atoms with Gasteiger partial charge in [0.25, 0.3) is 0 Å². The van der Waals surface area contributed by atoms with Crippen LogP contribution in [0.1, 0.15) is 21.9 Å². The van der Waals surface area contributed by atoms with E-state index in [1.54, 1.807) is 12.3 Å². The number of carbonyl (C=O) groups excluding carboxylic acids is 1. The number of hydrogen-bond acceptors (Lipinski definition) is 4. The zero-order chi connectivity index (χ0) is 15.7. The number of aryl methyl sites for hydroxylation is 1. The molecule has 0 saturated heterocycles. The van der Waals surface area contributed by atoms with Crippen LogP contribution >= 0.6 is 15.9 Å². The van der Waals surface area contributed by atoms with Gasteiger partial charge in [0, 0.05) is 16.4 Å². The summed E-state index contributed by atoms with van der Waals surface area (Å²) in [5.74, 6) is -0.616. The van der Waals surface area contributed by atoms with E-state index in [0.29, 0.717) is 11.2 Å². The molecule has 0 atom stereocenters. The van der Waals surface area contributed by atoms with Crippen LogP contribution in [0.4, 0.5) is 4.39 Å². The Morgan fingerprint density at radius 2 is 2.00 bits per heavy atom. The van der Waals surface area contributed by atoms with Gasteiger partial charge in [0.2, 0.25) is 0 Å². The fourth-order valence-electron chi connectivity index (χ4n) is 2.08. The van der Waals surface area contributed by atoms with Gasteiger partial charge >= 0.3 is 0 Å². The molecule has 3 rings (SSSR count). The molecule has 4 nitrogen and oxygen atoms in total. The minimum atomic E-state index is -0.420. The zero-order valence-electron chi connectivity index (χ0n) is 11.7. The summed E-state index contributed by atoms with van der Waals surface area (Å²) in [7, 11) is 0. The molecule has 0 aliphatic heterocycles. The van der Waals surface area contributed by atoms with E-state index >= 15 is 0 Å². The van der Waals surface area contributed by atoms with Crippen molar-refractivity contribution in [3.63, 3.8) is 0 Å². The smallest absolute Gasteiger partial charge is 0.187 e. The van der Waals surface area contributed by atoms with Gasteiger partial charge in [-0.05, 0) is 53.2 Å². The Morgan fingerprint density at radius 3 is 2.77 bits per heavy atom. The summed E-state index contributed by atoms with van der Waals surface area (Å²) in [6, 6.07) is 8.07. The second-order valence-corrected chi connectivity index (χ2v) is 5.77. The number of nitrogens with zero attached hydrogens (tertiary/aromatic N) is 3. The van der Waals surface area contributed by atoms with E-state index in [1.807, 2.05) is 12.1 Å². The number of aromatic nitrogens is 3. The van der Waals surface area contributed by atoms with Gasteiger partial charge in [-0.1, -0.05) is 0 Å². The van der Waals surface area contributed by atoms with Crippen LogP contribution in [0.3, 0.4) is 0 Å². The Bertz CT molecular complexity index is 882. The normalized spacial score (nSPS) is 10.9. The average Bonchev–Trinajstić information content (AvgIpc) is 2.49. The van der Waals surface area contributed by atoms with Crippen LogP contribution in [0, 0.1) is 12.7 Å². The SMILES string of the molecule is Cc1nc(C(=O)Cc2ccc3ncc(Br)cc3n2)ccc1F. The first-order valence-electron chi connectivity index (χ1n) is 6.60. The lowest BCUT2D eigenvalue weighted by Crippen LogP contribution is -2.08. The number of rotatable bonds is 3. The molecule has 110 valence electrons. The van der Waals surface area contributed by atoms with Gasteiger partial charge in [0.1, 0.15) is 11.5 Å². The topological polar surface area (TPSA) is 55.7 Å². The van der Waals surface area contributed by atoms with Crippen molar-refractivity contribution in [3.8, 4) is 0 Å². The maximum atomic E-state index is 13.2. The van der Waals surface area contributed by atoms with E-state index < -0.39 is 5.82 Å². The largest absolute Gasteiger partial charge is 0.292 e. The Hall–Kier alpha value is -2.21. The molecule has 0 aromatic carbocycles. The third kappa shape index (κ3) is 3.01. The molecular formula is C16H11BrFN3O. The van der Waals surface area contributed by atoms with Gasteiger partial charge in [0.15, 0.2) is 5.78 Å². The molecule has 0 amide bonds. The molecule has 0 N–H and O–H groups in total. The number of ketones is 1. The van der Waals surface area contributed by atoms with Crippen LogP contribution in [-0.4, -0.2) is 20.7 Å². The number of halogens is 2. The predicted molar refractivity (Wildman–Crippen MR) is 84.2 cm³/mol. The molecule has 6 heteroatoms. The third-order valence-electron chi connectivity index (χ3n) is 3.21. The Labute approximate surface area is 134 Å². The number of hydrogen-bond donors (Lipinski definition) is 0. The highest BCUT2D eigenvalue weighted by Crippen LogP contribution is 2.16. The van der Waals surface area contributed by atoms with Crippen molar-refractivity contribution in [2.24, 2.45) is 0 Å². The number of pyridine rings is 3. The van der Waals surface area contributed by atoms with Gasteiger partial charge < -0.3 is 0 Å². The van der Waals surface area contributed by atoms with Crippen molar-refractivity contribution < 1.29 is 9.18 Å². The zero-order valence-corrected chi connectivity index (χ0v) is 13.3. The molecule has 0 aliphatic rings. The summed E-state index contributed by atoms with van der Waals surface area (Å²) >= 11 is 3.34. The lowest BCUT2D eigenvalue weighted by atomic mass is 10.1.